The van der Waals surface area contributed by atoms with Crippen molar-refractivity contribution in [1.82, 2.24) is 10.0 Å². The Labute approximate surface area is 382 Å². The summed E-state index contributed by atoms with van der Waals surface area (Å²) in [7, 11) is 0. The van der Waals surface area contributed by atoms with Crippen molar-refractivity contribution in [2.24, 2.45) is 5.92 Å². The zero-order valence-electron chi connectivity index (χ0n) is 35.4. The van der Waals surface area contributed by atoms with Crippen LogP contribution in [-0.4, -0.2) is 98.2 Å². The standard InChI is InChI=1S/C42H49N3O14S4/c1-7-13-16-25(10-4)24-57-38(50)26(23-43)39-60-32-30(58-41(51)55-21-19-53-27(46)11-5)34-35(31(33(32)61-39)59-42(52)56-22-20-54-28(47)12-6)63-40(62-34)29-36(48)44(17-14-8-2)45(37(29)49)18-15-9-3/h11-12,25H,5-10,13-22,24H2,1-4H3. The maximum absolute atomic E-state index is 14.1. The molecule has 2 amide bonds. The Morgan fingerprint density at radius 1 is 0.667 bits per heavy atom. The predicted octanol–water partition coefficient (Wildman–Crippen LogP) is 8.46. The smallest absolute Gasteiger partial charge is 0.461 e. The van der Waals surface area contributed by atoms with E-state index in [0.717, 1.165) is 97.7 Å². The molecule has 0 aromatic heterocycles. The topological polar surface area (TPSA) is 214 Å². The van der Waals surface area contributed by atoms with Gasteiger partial charge >= 0.3 is 30.2 Å². The summed E-state index contributed by atoms with van der Waals surface area (Å²) in [5.41, 5.74) is -0.491. The molecule has 0 spiro atoms. The van der Waals surface area contributed by atoms with E-state index in [-0.39, 0.29) is 76.4 Å². The van der Waals surface area contributed by atoms with Gasteiger partial charge in [0.05, 0.1) is 34.7 Å². The number of carbonyl (C=O) groups is 7. The minimum atomic E-state index is -1.24. The lowest BCUT2D eigenvalue weighted by molar-refractivity contribution is -0.147. The molecule has 3 aliphatic heterocycles. The Hall–Kier alpha value is -5.04. The van der Waals surface area contributed by atoms with Crippen molar-refractivity contribution in [1.29, 1.82) is 5.26 Å². The van der Waals surface area contributed by atoms with Gasteiger partial charge in [-0.3, -0.25) is 9.59 Å². The summed E-state index contributed by atoms with van der Waals surface area (Å²) in [4.78, 5) is 91.8. The molecular formula is C42H49N3O14S4. The summed E-state index contributed by atoms with van der Waals surface area (Å²) < 4.78 is 37.7. The zero-order valence-corrected chi connectivity index (χ0v) is 38.7. The van der Waals surface area contributed by atoms with Crippen molar-refractivity contribution in [3.05, 3.63) is 44.9 Å². The normalized spacial score (nSPS) is 14.4. The van der Waals surface area contributed by atoms with Gasteiger partial charge in [0, 0.05) is 25.2 Å². The molecule has 21 heteroatoms. The number of unbranched alkanes of at least 4 members (excludes halogenated alkanes) is 3. The van der Waals surface area contributed by atoms with Crippen molar-refractivity contribution in [3.8, 4) is 17.6 Å². The second-order valence-electron chi connectivity index (χ2n) is 13.5. The number of carbonyl (C=O) groups excluding carboxylic acids is 7. The average molecular weight is 948 g/mol. The highest BCUT2D eigenvalue weighted by Crippen LogP contribution is 2.68. The van der Waals surface area contributed by atoms with E-state index < -0.39 is 55.2 Å². The fourth-order valence-electron chi connectivity index (χ4n) is 5.81. The second-order valence-corrected chi connectivity index (χ2v) is 18.1. The van der Waals surface area contributed by atoms with E-state index in [2.05, 4.69) is 20.1 Å². The summed E-state index contributed by atoms with van der Waals surface area (Å²) in [6.45, 7) is 13.8. The third-order valence-electron chi connectivity index (χ3n) is 9.17. The number of thioether (sulfide) groups is 4. The Kier molecular flexibility index (Phi) is 20.3. The summed E-state index contributed by atoms with van der Waals surface area (Å²) in [6, 6.07) is 1.93. The molecule has 4 rings (SSSR count). The molecule has 1 aromatic rings. The highest BCUT2D eigenvalue weighted by molar-refractivity contribution is 8.26. The number of ether oxygens (including phenoxy) is 7. The Morgan fingerprint density at radius 2 is 1.11 bits per heavy atom. The van der Waals surface area contributed by atoms with Gasteiger partial charge in [0.15, 0.2) is 17.1 Å². The van der Waals surface area contributed by atoms with Gasteiger partial charge in [-0.05, 0) is 25.2 Å². The van der Waals surface area contributed by atoms with Crippen LogP contribution in [0.1, 0.15) is 79.1 Å². The maximum atomic E-state index is 14.1. The van der Waals surface area contributed by atoms with Crippen molar-refractivity contribution in [2.45, 2.75) is 98.6 Å². The van der Waals surface area contributed by atoms with Gasteiger partial charge in [-0.2, -0.15) is 5.26 Å². The number of nitriles is 1. The number of amides is 2. The molecule has 1 aromatic carbocycles. The van der Waals surface area contributed by atoms with Crippen LogP contribution in [0.25, 0.3) is 0 Å². The lowest BCUT2D eigenvalue weighted by Gasteiger charge is -2.27. The van der Waals surface area contributed by atoms with E-state index in [1.165, 1.54) is 10.0 Å². The molecule has 0 radical (unpaired) electrons. The van der Waals surface area contributed by atoms with Crippen LogP contribution in [0.3, 0.4) is 0 Å². The molecule has 3 heterocycles. The quantitative estimate of drug-likeness (QED) is 0.0191. The van der Waals surface area contributed by atoms with Crippen molar-refractivity contribution < 1.29 is 66.7 Å². The van der Waals surface area contributed by atoms with Crippen LogP contribution in [0, 0.1) is 17.2 Å². The summed E-state index contributed by atoms with van der Waals surface area (Å²) in [5.74, 6) is -3.68. The number of benzene rings is 1. The van der Waals surface area contributed by atoms with Crippen LogP contribution in [0.15, 0.2) is 64.5 Å². The number of fused-ring (bicyclic) bond motifs is 2. The zero-order chi connectivity index (χ0) is 46.1. The molecule has 63 heavy (non-hydrogen) atoms. The maximum Gasteiger partial charge on any atom is 0.514 e. The first-order chi connectivity index (χ1) is 30.4. The third-order valence-corrected chi connectivity index (χ3v) is 14.4. The summed E-state index contributed by atoms with van der Waals surface area (Å²) >= 11 is 3.55. The van der Waals surface area contributed by atoms with Crippen LogP contribution in [0.2, 0.25) is 0 Å². The highest BCUT2D eigenvalue weighted by Gasteiger charge is 2.47. The van der Waals surface area contributed by atoms with Gasteiger partial charge in [-0.1, -0.05) is 120 Å². The van der Waals surface area contributed by atoms with E-state index in [1.54, 1.807) is 0 Å². The molecule has 0 N–H and O–H groups in total. The van der Waals surface area contributed by atoms with Gasteiger partial charge in [0.1, 0.15) is 38.1 Å². The Morgan fingerprint density at radius 3 is 1.52 bits per heavy atom. The third kappa shape index (κ3) is 13.2. The highest BCUT2D eigenvalue weighted by atomic mass is 32.2. The van der Waals surface area contributed by atoms with E-state index in [4.69, 9.17) is 33.2 Å². The molecule has 340 valence electrons. The minimum absolute atomic E-state index is 0.0777. The van der Waals surface area contributed by atoms with E-state index >= 15 is 0 Å². The van der Waals surface area contributed by atoms with Gasteiger partial charge in [-0.25, -0.2) is 34.0 Å². The van der Waals surface area contributed by atoms with Crippen molar-refractivity contribution in [2.75, 3.05) is 46.1 Å². The first-order valence-electron chi connectivity index (χ1n) is 20.3. The van der Waals surface area contributed by atoms with E-state index in [9.17, 15) is 38.8 Å². The fourth-order valence-corrected chi connectivity index (χ4v) is 11.2. The molecule has 0 aliphatic carbocycles. The minimum Gasteiger partial charge on any atom is -0.461 e. The summed E-state index contributed by atoms with van der Waals surface area (Å²) in [5, 5.41) is 13.1. The fraction of sp³-hybridized carbons (Fsp3) is 0.476. The van der Waals surface area contributed by atoms with Crippen LogP contribution in [-0.2, 0) is 47.7 Å². The number of nitrogens with zero attached hydrogens (tertiary/aromatic N) is 3. The predicted molar refractivity (Wildman–Crippen MR) is 233 cm³/mol. The van der Waals surface area contributed by atoms with Gasteiger partial charge < -0.3 is 33.2 Å². The SMILES string of the molecule is C=CC(=O)OCCOC(=O)Oc1c2c(c(OC(=O)OCCOC(=O)C=C)c3c1SC(=C1C(=O)N(CCCC)N(CCCC)C1=O)S3)SC(=C(C#N)C(=O)OCC(CC)CCCC)S2. The van der Waals surface area contributed by atoms with Gasteiger partial charge in [-0.15, -0.1) is 0 Å². The average Bonchev–Trinajstić information content (AvgIpc) is 3.97. The number of rotatable bonds is 23. The molecule has 0 bridgehead atoms. The Balaban J connectivity index is 1.84. The number of esters is 3. The van der Waals surface area contributed by atoms with Gasteiger partial charge in [0.25, 0.3) is 11.8 Å². The van der Waals surface area contributed by atoms with E-state index in [1.807, 2.05) is 26.8 Å². The van der Waals surface area contributed by atoms with Crippen molar-refractivity contribution in [3.63, 3.8) is 0 Å². The van der Waals surface area contributed by atoms with Crippen LogP contribution < -0.4 is 9.47 Å². The lowest BCUT2D eigenvalue weighted by Crippen LogP contribution is -2.42. The molecular weight excluding hydrogens is 899 g/mol. The molecule has 17 nitrogen and oxygen atoms in total. The lowest BCUT2D eigenvalue weighted by atomic mass is 10.0. The second kappa shape index (κ2) is 25.3. The monoisotopic (exact) mass is 947 g/mol. The molecule has 1 unspecified atom stereocenters. The molecule has 1 fully saturated rings. The van der Waals surface area contributed by atoms with Crippen LogP contribution in [0.5, 0.6) is 11.5 Å². The first kappa shape index (κ1) is 50.6. The van der Waals surface area contributed by atoms with Crippen LogP contribution >= 0.6 is 47.0 Å². The molecule has 0 saturated carbocycles. The molecule has 3 aliphatic rings. The Bertz CT molecular complexity index is 1970. The largest absolute Gasteiger partial charge is 0.514 e. The molecule has 1 saturated heterocycles. The number of hydrogen-bond acceptors (Lipinski definition) is 19. The first-order valence-corrected chi connectivity index (χ1v) is 23.6. The number of hydrogen-bond donors (Lipinski definition) is 0. The van der Waals surface area contributed by atoms with Gasteiger partial charge in [0.2, 0.25) is 0 Å². The van der Waals surface area contributed by atoms with Crippen LogP contribution in [0.4, 0.5) is 9.59 Å². The number of hydrazine groups is 1. The summed E-state index contributed by atoms with van der Waals surface area (Å²) in [6.07, 6.45) is 5.69. The van der Waals surface area contributed by atoms with Crippen molar-refractivity contribution >= 4 is 89.1 Å². The van der Waals surface area contributed by atoms with E-state index in [0.29, 0.717) is 25.9 Å². The molecule has 1 atom stereocenters.